The van der Waals surface area contributed by atoms with Gasteiger partial charge in [-0.3, -0.25) is 14.3 Å². The first-order valence-electron chi connectivity index (χ1n) is 3.90. The summed E-state index contributed by atoms with van der Waals surface area (Å²) >= 11 is 3.06. The Morgan fingerprint density at radius 1 is 1.57 bits per heavy atom. The van der Waals surface area contributed by atoms with Crippen LogP contribution in [0.15, 0.2) is 33.4 Å². The first-order chi connectivity index (χ1) is 6.69. The van der Waals surface area contributed by atoms with Crippen LogP contribution in [-0.2, 0) is 6.54 Å². The molecular weight excluding hydrogens is 248 g/mol. The number of H-pyrrole nitrogens is 1. The van der Waals surface area contributed by atoms with E-state index in [1.54, 1.807) is 17.1 Å². The lowest BCUT2D eigenvalue weighted by atomic mass is 10.3. The van der Waals surface area contributed by atoms with Crippen LogP contribution in [-0.4, -0.2) is 9.55 Å². The third kappa shape index (κ3) is 2.32. The zero-order valence-electron chi connectivity index (χ0n) is 7.37. The molecule has 0 saturated carbocycles. The van der Waals surface area contributed by atoms with E-state index in [9.17, 15) is 9.59 Å². The van der Waals surface area contributed by atoms with Gasteiger partial charge in [-0.05, 0) is 11.1 Å². The van der Waals surface area contributed by atoms with Crippen molar-refractivity contribution in [3.8, 4) is 0 Å². The first-order valence-corrected chi connectivity index (χ1v) is 4.82. The van der Waals surface area contributed by atoms with Crippen molar-refractivity contribution < 1.29 is 0 Å². The van der Waals surface area contributed by atoms with Gasteiger partial charge in [0, 0.05) is 12.7 Å². The maximum atomic E-state index is 11.2. The summed E-state index contributed by atoms with van der Waals surface area (Å²) in [4.78, 5) is 26.2. The third-order valence-electron chi connectivity index (χ3n) is 1.61. The Balaban J connectivity index is 3.34. The molecule has 0 saturated heterocycles. The van der Waals surface area contributed by atoms with Crippen molar-refractivity contribution in [3.05, 3.63) is 50.2 Å². The number of hydrogen-bond donors (Lipinski definition) is 1. The molecule has 14 heavy (non-hydrogen) atoms. The average Bonchev–Trinajstić information content (AvgIpc) is 2.14. The van der Waals surface area contributed by atoms with E-state index in [-0.39, 0.29) is 0 Å². The molecule has 1 heterocycles. The van der Waals surface area contributed by atoms with Crippen LogP contribution in [0.2, 0.25) is 0 Å². The molecule has 1 aromatic heterocycles. The van der Waals surface area contributed by atoms with Crippen molar-refractivity contribution in [2.45, 2.75) is 6.54 Å². The van der Waals surface area contributed by atoms with E-state index in [0.29, 0.717) is 12.1 Å². The zero-order chi connectivity index (χ0) is 10.6. The van der Waals surface area contributed by atoms with Gasteiger partial charge >= 0.3 is 5.69 Å². The quantitative estimate of drug-likeness (QED) is 0.824. The molecule has 0 atom stereocenters. The van der Waals surface area contributed by atoms with Gasteiger partial charge in [0.25, 0.3) is 5.56 Å². The van der Waals surface area contributed by atoms with Crippen LogP contribution in [0.25, 0.3) is 6.08 Å². The number of allylic oxidation sites excluding steroid dienone is 1. The van der Waals surface area contributed by atoms with Gasteiger partial charge in [-0.1, -0.05) is 22.0 Å². The van der Waals surface area contributed by atoms with E-state index in [2.05, 4.69) is 27.5 Å². The number of nitrogens with zero attached hydrogens (tertiary/aromatic N) is 1. The van der Waals surface area contributed by atoms with Gasteiger partial charge in [0.15, 0.2) is 0 Å². The molecule has 1 rings (SSSR count). The maximum Gasteiger partial charge on any atom is 0.328 e. The first kappa shape index (κ1) is 10.7. The Kier molecular flexibility index (Phi) is 3.64. The smallest absolute Gasteiger partial charge is 0.296 e. The van der Waals surface area contributed by atoms with Gasteiger partial charge in [-0.2, -0.15) is 0 Å². The Hall–Kier alpha value is -1.36. The highest BCUT2D eigenvalue weighted by atomic mass is 79.9. The van der Waals surface area contributed by atoms with Crippen molar-refractivity contribution >= 4 is 22.0 Å². The molecule has 74 valence electrons. The summed E-state index contributed by atoms with van der Waals surface area (Å²) in [6.07, 6.45) is 4.64. The molecule has 1 N–H and O–H groups in total. The number of aromatic amines is 1. The summed E-state index contributed by atoms with van der Waals surface area (Å²) in [6, 6.07) is 0. The molecule has 5 heteroatoms. The zero-order valence-corrected chi connectivity index (χ0v) is 8.95. The highest BCUT2D eigenvalue weighted by Crippen LogP contribution is 1.95. The van der Waals surface area contributed by atoms with Crippen LogP contribution in [0.3, 0.4) is 0 Å². The summed E-state index contributed by atoms with van der Waals surface area (Å²) in [5.74, 6) is 0. The number of aromatic nitrogens is 2. The molecule has 0 bridgehead atoms. The normalized spacial score (nSPS) is 10.6. The second-order valence-corrected chi connectivity index (χ2v) is 3.11. The fraction of sp³-hybridized carbons (Fsp3) is 0.111. The monoisotopic (exact) mass is 256 g/mol. The van der Waals surface area contributed by atoms with E-state index >= 15 is 0 Å². The van der Waals surface area contributed by atoms with Crippen LogP contribution < -0.4 is 11.2 Å². The van der Waals surface area contributed by atoms with Crippen LogP contribution in [0, 0.1) is 0 Å². The highest BCUT2D eigenvalue weighted by Gasteiger charge is 1.99. The Bertz CT molecular complexity index is 470. The van der Waals surface area contributed by atoms with E-state index < -0.39 is 11.2 Å². The molecule has 1 aromatic rings. The molecule has 4 nitrogen and oxygen atoms in total. The highest BCUT2D eigenvalue weighted by molar-refractivity contribution is 9.11. The van der Waals surface area contributed by atoms with Gasteiger partial charge < -0.3 is 0 Å². The topological polar surface area (TPSA) is 54.9 Å². The van der Waals surface area contributed by atoms with Crippen molar-refractivity contribution in [2.24, 2.45) is 0 Å². The largest absolute Gasteiger partial charge is 0.328 e. The molecule has 0 unspecified atom stereocenters. The predicted octanol–water partition coefficient (Wildman–Crippen LogP) is 1.09. The van der Waals surface area contributed by atoms with Gasteiger partial charge in [0.1, 0.15) is 0 Å². The molecular formula is C9H9BrN2O2. The van der Waals surface area contributed by atoms with E-state index in [1.165, 1.54) is 10.8 Å². The lowest BCUT2D eigenvalue weighted by Gasteiger charge is -2.01. The summed E-state index contributed by atoms with van der Waals surface area (Å²) in [7, 11) is 0. The minimum absolute atomic E-state index is 0.374. The van der Waals surface area contributed by atoms with Crippen molar-refractivity contribution in [3.63, 3.8) is 0 Å². The number of halogens is 1. The lowest BCUT2D eigenvalue weighted by Crippen LogP contribution is -2.30. The minimum Gasteiger partial charge on any atom is -0.296 e. The summed E-state index contributed by atoms with van der Waals surface area (Å²) in [5, 5.41) is 0. The molecule has 0 radical (unpaired) electrons. The standard InChI is InChI=1S/C9H9BrN2O2/c1-2-5-12-6-7(3-4-10)8(13)11-9(12)14/h2-4,6H,1,5H2,(H,11,13,14). The summed E-state index contributed by atoms with van der Waals surface area (Å²) in [6.45, 7) is 3.89. The number of hydrogen-bond acceptors (Lipinski definition) is 2. The van der Waals surface area contributed by atoms with Crippen LogP contribution in [0.5, 0.6) is 0 Å². The number of nitrogens with one attached hydrogen (secondary N) is 1. The van der Waals surface area contributed by atoms with E-state index in [4.69, 9.17) is 0 Å². The Morgan fingerprint density at radius 2 is 2.29 bits per heavy atom. The summed E-state index contributed by atoms with van der Waals surface area (Å²) in [5.41, 5.74) is -0.407. The second-order valence-electron chi connectivity index (χ2n) is 2.58. The van der Waals surface area contributed by atoms with Crippen molar-refractivity contribution in [1.82, 2.24) is 9.55 Å². The van der Waals surface area contributed by atoms with Crippen LogP contribution in [0.1, 0.15) is 5.56 Å². The molecule has 0 aliphatic carbocycles. The lowest BCUT2D eigenvalue weighted by molar-refractivity contribution is 0.735. The SMILES string of the molecule is C=CCn1cc(C=CBr)c(=O)[nH]c1=O. The van der Waals surface area contributed by atoms with Crippen LogP contribution in [0.4, 0.5) is 0 Å². The molecule has 0 amide bonds. The van der Waals surface area contributed by atoms with Crippen molar-refractivity contribution in [2.75, 3.05) is 0 Å². The fourth-order valence-corrected chi connectivity index (χ4v) is 1.27. The van der Waals surface area contributed by atoms with E-state index in [1.807, 2.05) is 0 Å². The third-order valence-corrected chi connectivity index (χ3v) is 1.87. The Morgan fingerprint density at radius 3 is 2.86 bits per heavy atom. The molecule has 0 aliphatic heterocycles. The minimum atomic E-state index is -0.429. The van der Waals surface area contributed by atoms with Gasteiger partial charge in [-0.15, -0.1) is 6.58 Å². The average molecular weight is 257 g/mol. The van der Waals surface area contributed by atoms with Gasteiger partial charge in [0.05, 0.1) is 5.56 Å². The second kappa shape index (κ2) is 4.76. The Labute approximate surface area is 88.7 Å². The molecule has 0 fully saturated rings. The summed E-state index contributed by atoms with van der Waals surface area (Å²) < 4.78 is 1.37. The fourth-order valence-electron chi connectivity index (χ4n) is 0.988. The van der Waals surface area contributed by atoms with E-state index in [0.717, 1.165) is 0 Å². The molecule has 0 aromatic carbocycles. The van der Waals surface area contributed by atoms with Gasteiger partial charge in [-0.25, -0.2) is 4.79 Å². The van der Waals surface area contributed by atoms with Crippen molar-refractivity contribution in [1.29, 1.82) is 0 Å². The molecule has 0 aliphatic rings. The van der Waals surface area contributed by atoms with Gasteiger partial charge in [0.2, 0.25) is 0 Å². The predicted molar refractivity (Wildman–Crippen MR) is 59.5 cm³/mol. The number of rotatable bonds is 3. The van der Waals surface area contributed by atoms with Crippen LogP contribution >= 0.6 is 15.9 Å². The molecule has 0 spiro atoms. The maximum absolute atomic E-state index is 11.2.